The fourth-order valence-corrected chi connectivity index (χ4v) is 4.00. The number of hydrogen-bond donors (Lipinski definition) is 2. The van der Waals surface area contributed by atoms with Gasteiger partial charge in [0.05, 0.1) is 10.7 Å². The number of nitrogens with one attached hydrogen (secondary N) is 2. The van der Waals surface area contributed by atoms with Crippen LogP contribution in [0, 0.1) is 5.82 Å². The molecule has 3 aromatic rings. The molecule has 3 rings (SSSR count). The van der Waals surface area contributed by atoms with E-state index in [0.29, 0.717) is 20.4 Å². The Morgan fingerprint density at radius 2 is 1.91 bits per heavy atom. The Bertz CT molecular complexity index is 1020. The second kappa shape index (κ2) is 5.98. The molecule has 0 spiro atoms. The largest absolute Gasteiger partial charge is 0.360 e. The zero-order valence-electron chi connectivity index (χ0n) is 11.2. The lowest BCUT2D eigenvalue weighted by atomic mass is 10.2. The van der Waals surface area contributed by atoms with E-state index in [1.165, 1.54) is 12.3 Å². The summed E-state index contributed by atoms with van der Waals surface area (Å²) in [5.41, 5.74) is 0.361. The number of sulfonamides is 1. The minimum atomic E-state index is -3.99. The zero-order valence-corrected chi connectivity index (χ0v) is 15.1. The van der Waals surface area contributed by atoms with E-state index in [1.807, 2.05) is 0 Å². The number of rotatable bonds is 3. The van der Waals surface area contributed by atoms with E-state index in [-0.39, 0.29) is 15.6 Å². The van der Waals surface area contributed by atoms with Crippen molar-refractivity contribution in [2.75, 3.05) is 4.72 Å². The number of benzene rings is 2. The molecular formula is C14H8BrCl2FN2O2S. The Labute approximate surface area is 149 Å². The summed E-state index contributed by atoms with van der Waals surface area (Å²) in [4.78, 5) is 2.82. The summed E-state index contributed by atoms with van der Waals surface area (Å²) in [5, 5.41) is 1.08. The molecule has 9 heteroatoms. The molecule has 0 atom stereocenters. The zero-order chi connectivity index (χ0) is 16.8. The smallest absolute Gasteiger partial charge is 0.264 e. The predicted molar refractivity (Wildman–Crippen MR) is 93.2 cm³/mol. The van der Waals surface area contributed by atoms with Gasteiger partial charge in [-0.05, 0) is 46.3 Å². The van der Waals surface area contributed by atoms with Crippen LogP contribution in [-0.4, -0.2) is 13.4 Å². The Hall–Kier alpha value is -1.28. The van der Waals surface area contributed by atoms with Crippen molar-refractivity contribution in [2.45, 2.75) is 4.90 Å². The molecule has 0 aliphatic carbocycles. The molecule has 0 saturated carbocycles. The summed E-state index contributed by atoms with van der Waals surface area (Å²) in [7, 11) is -3.99. The minimum Gasteiger partial charge on any atom is -0.360 e. The van der Waals surface area contributed by atoms with Crippen molar-refractivity contribution >= 4 is 65.7 Å². The van der Waals surface area contributed by atoms with Gasteiger partial charge >= 0.3 is 0 Å². The molecule has 4 nitrogen and oxygen atoms in total. The monoisotopic (exact) mass is 436 g/mol. The highest BCUT2D eigenvalue weighted by atomic mass is 79.9. The molecule has 0 unspecified atom stereocenters. The highest BCUT2D eigenvalue weighted by Crippen LogP contribution is 2.31. The van der Waals surface area contributed by atoms with Crippen LogP contribution in [0.15, 0.2) is 45.9 Å². The first kappa shape index (κ1) is 16.6. The second-order valence-electron chi connectivity index (χ2n) is 4.69. The van der Waals surface area contributed by atoms with Crippen LogP contribution in [0.2, 0.25) is 10.0 Å². The predicted octanol–water partition coefficient (Wildman–Crippen LogP) is 5.18. The average Bonchev–Trinajstić information content (AvgIpc) is 2.88. The van der Waals surface area contributed by atoms with Crippen LogP contribution in [-0.2, 0) is 10.0 Å². The van der Waals surface area contributed by atoms with Crippen LogP contribution in [0.1, 0.15) is 0 Å². The summed E-state index contributed by atoms with van der Waals surface area (Å²) < 4.78 is 41.6. The van der Waals surface area contributed by atoms with Crippen LogP contribution in [0.25, 0.3) is 10.9 Å². The Morgan fingerprint density at radius 1 is 1.17 bits per heavy atom. The van der Waals surface area contributed by atoms with E-state index >= 15 is 0 Å². The van der Waals surface area contributed by atoms with Gasteiger partial charge in [0.15, 0.2) is 0 Å². The fraction of sp³-hybridized carbons (Fsp3) is 0. The van der Waals surface area contributed by atoms with Crippen LogP contribution in [0.5, 0.6) is 0 Å². The molecule has 0 saturated heterocycles. The van der Waals surface area contributed by atoms with Gasteiger partial charge in [0.2, 0.25) is 0 Å². The molecule has 23 heavy (non-hydrogen) atoms. The Kier molecular flexibility index (Phi) is 4.31. The van der Waals surface area contributed by atoms with Crippen molar-refractivity contribution in [3.8, 4) is 0 Å². The highest BCUT2D eigenvalue weighted by molar-refractivity contribution is 9.10. The summed E-state index contributed by atoms with van der Waals surface area (Å²) in [6.07, 6.45) is 1.33. The second-order valence-corrected chi connectivity index (χ2v) is 8.04. The third-order valence-electron chi connectivity index (χ3n) is 3.15. The van der Waals surface area contributed by atoms with E-state index in [1.54, 1.807) is 18.2 Å². The summed E-state index contributed by atoms with van der Waals surface area (Å²) in [6, 6.07) is 7.06. The van der Waals surface area contributed by atoms with Gasteiger partial charge in [-0.25, -0.2) is 12.8 Å². The van der Waals surface area contributed by atoms with Crippen LogP contribution < -0.4 is 4.72 Å². The number of aromatic amines is 1. The maximum absolute atomic E-state index is 13.9. The number of fused-ring (bicyclic) bond motifs is 1. The van der Waals surface area contributed by atoms with Gasteiger partial charge < -0.3 is 4.98 Å². The average molecular weight is 438 g/mol. The molecule has 2 N–H and O–H groups in total. The van der Waals surface area contributed by atoms with E-state index in [9.17, 15) is 12.8 Å². The quantitative estimate of drug-likeness (QED) is 0.554. The first-order valence-electron chi connectivity index (χ1n) is 6.22. The first-order valence-corrected chi connectivity index (χ1v) is 9.25. The molecule has 1 heterocycles. The van der Waals surface area contributed by atoms with Crippen LogP contribution >= 0.6 is 39.1 Å². The van der Waals surface area contributed by atoms with Crippen molar-refractivity contribution in [2.24, 2.45) is 0 Å². The molecule has 0 radical (unpaired) electrons. The van der Waals surface area contributed by atoms with Crippen molar-refractivity contribution in [1.82, 2.24) is 4.98 Å². The lowest BCUT2D eigenvalue weighted by Crippen LogP contribution is -2.13. The van der Waals surface area contributed by atoms with Gasteiger partial charge in [0.1, 0.15) is 10.7 Å². The third kappa shape index (κ3) is 3.19. The van der Waals surface area contributed by atoms with Gasteiger partial charge in [-0.3, -0.25) is 4.72 Å². The maximum atomic E-state index is 13.9. The molecule has 1 aromatic heterocycles. The molecular weight excluding hydrogens is 430 g/mol. The summed E-state index contributed by atoms with van der Waals surface area (Å²) in [5.74, 6) is -0.773. The molecule has 2 aromatic carbocycles. The molecule has 0 aliphatic rings. The number of H-pyrrole nitrogens is 1. The lowest BCUT2D eigenvalue weighted by Gasteiger charge is -2.09. The first-order chi connectivity index (χ1) is 10.8. The standard InChI is InChI=1S/C14H8BrCl2FN2O2S/c15-9-4-13(11(18)5-10(9)17)20-23(21,22)14-6-19-12-3-7(16)1-2-8(12)14/h1-6,19-20H. The van der Waals surface area contributed by atoms with E-state index in [4.69, 9.17) is 23.2 Å². The summed E-state index contributed by atoms with van der Waals surface area (Å²) in [6.45, 7) is 0. The minimum absolute atomic E-state index is 0.00496. The Balaban J connectivity index is 2.06. The molecule has 0 bridgehead atoms. The molecule has 120 valence electrons. The lowest BCUT2D eigenvalue weighted by molar-refractivity contribution is 0.599. The van der Waals surface area contributed by atoms with Crippen LogP contribution in [0.3, 0.4) is 0 Å². The van der Waals surface area contributed by atoms with Crippen molar-refractivity contribution < 1.29 is 12.8 Å². The number of anilines is 1. The Morgan fingerprint density at radius 3 is 2.65 bits per heavy atom. The van der Waals surface area contributed by atoms with Gasteiger partial charge in [-0.1, -0.05) is 23.2 Å². The maximum Gasteiger partial charge on any atom is 0.264 e. The van der Waals surface area contributed by atoms with Gasteiger partial charge in [0.25, 0.3) is 10.0 Å². The van der Waals surface area contributed by atoms with Gasteiger partial charge in [0, 0.05) is 26.6 Å². The van der Waals surface area contributed by atoms with Crippen molar-refractivity contribution in [3.05, 3.63) is 56.9 Å². The SMILES string of the molecule is O=S(=O)(Nc1cc(Br)c(Cl)cc1F)c1c[nH]c2cc(Cl)ccc12. The van der Waals surface area contributed by atoms with E-state index < -0.39 is 15.8 Å². The number of aromatic nitrogens is 1. The summed E-state index contributed by atoms with van der Waals surface area (Å²) >= 11 is 14.8. The molecule has 0 fully saturated rings. The molecule has 0 aliphatic heterocycles. The van der Waals surface area contributed by atoms with Crippen molar-refractivity contribution in [1.29, 1.82) is 0 Å². The molecule has 0 amide bonds. The van der Waals surface area contributed by atoms with Gasteiger partial charge in [-0.2, -0.15) is 0 Å². The third-order valence-corrected chi connectivity index (χ3v) is 5.99. The van der Waals surface area contributed by atoms with E-state index in [0.717, 1.165) is 6.07 Å². The highest BCUT2D eigenvalue weighted by Gasteiger charge is 2.21. The normalized spacial score (nSPS) is 11.8. The number of hydrogen-bond acceptors (Lipinski definition) is 2. The van der Waals surface area contributed by atoms with Gasteiger partial charge in [-0.15, -0.1) is 0 Å². The number of halogens is 4. The van der Waals surface area contributed by atoms with Crippen LogP contribution in [0.4, 0.5) is 10.1 Å². The topological polar surface area (TPSA) is 62.0 Å². The van der Waals surface area contributed by atoms with E-state index in [2.05, 4.69) is 25.6 Å². The fourth-order valence-electron chi connectivity index (χ4n) is 2.09. The van der Waals surface area contributed by atoms with Crippen molar-refractivity contribution in [3.63, 3.8) is 0 Å².